The van der Waals surface area contributed by atoms with Gasteiger partial charge in [-0.15, -0.1) is 0 Å². The summed E-state index contributed by atoms with van der Waals surface area (Å²) in [6.45, 7) is 0. The van der Waals surface area contributed by atoms with Crippen LogP contribution in [0.25, 0.3) is 0 Å². The number of hydrogen-bond acceptors (Lipinski definition) is 3. The average molecular weight is 336 g/mol. The van der Waals surface area contributed by atoms with E-state index >= 15 is 0 Å². The number of benzene rings is 1. The summed E-state index contributed by atoms with van der Waals surface area (Å²) >= 11 is 6.10. The third-order valence-corrected chi connectivity index (χ3v) is 4.90. The molecule has 1 aromatic rings. The van der Waals surface area contributed by atoms with Crippen molar-refractivity contribution in [3.8, 4) is 0 Å². The zero-order chi connectivity index (χ0) is 16.4. The topological polar surface area (TPSA) is 84.2 Å². The van der Waals surface area contributed by atoms with Gasteiger partial charge in [0.25, 0.3) is 5.91 Å². The Labute approximate surface area is 141 Å². The van der Waals surface area contributed by atoms with Crippen molar-refractivity contribution in [2.24, 2.45) is 11.7 Å². The zero-order valence-electron chi connectivity index (χ0n) is 13.0. The summed E-state index contributed by atoms with van der Waals surface area (Å²) in [6.07, 6.45) is 5.54. The van der Waals surface area contributed by atoms with Crippen LogP contribution in [0.2, 0.25) is 5.02 Å². The molecule has 2 fully saturated rings. The fourth-order valence-corrected chi connectivity index (χ4v) is 3.24. The van der Waals surface area contributed by atoms with Crippen LogP contribution < -0.4 is 16.4 Å². The molecule has 6 heteroatoms. The van der Waals surface area contributed by atoms with E-state index in [1.165, 1.54) is 0 Å². The molecule has 23 heavy (non-hydrogen) atoms. The van der Waals surface area contributed by atoms with Crippen molar-refractivity contribution >= 4 is 29.1 Å². The Morgan fingerprint density at radius 3 is 2.65 bits per heavy atom. The van der Waals surface area contributed by atoms with Gasteiger partial charge in [-0.05, 0) is 49.8 Å². The van der Waals surface area contributed by atoms with Crippen molar-refractivity contribution in [1.82, 2.24) is 5.32 Å². The minimum atomic E-state index is -0.189. The number of halogens is 1. The Balaban J connectivity index is 1.62. The number of anilines is 1. The van der Waals surface area contributed by atoms with Crippen molar-refractivity contribution in [2.45, 2.75) is 50.6 Å². The molecule has 2 saturated carbocycles. The van der Waals surface area contributed by atoms with E-state index in [1.807, 2.05) is 0 Å². The first-order valence-electron chi connectivity index (χ1n) is 8.19. The van der Waals surface area contributed by atoms with Gasteiger partial charge >= 0.3 is 0 Å². The second-order valence-electron chi connectivity index (χ2n) is 6.55. The predicted octanol–water partition coefficient (Wildman–Crippen LogP) is 2.69. The molecule has 3 rings (SSSR count). The monoisotopic (exact) mass is 335 g/mol. The minimum Gasteiger partial charge on any atom is -0.349 e. The van der Waals surface area contributed by atoms with Gasteiger partial charge in [0.1, 0.15) is 0 Å². The van der Waals surface area contributed by atoms with E-state index in [1.54, 1.807) is 18.2 Å². The molecule has 2 amide bonds. The van der Waals surface area contributed by atoms with Crippen LogP contribution in [0.4, 0.5) is 5.69 Å². The van der Waals surface area contributed by atoms with Crippen LogP contribution in [0.5, 0.6) is 0 Å². The molecule has 0 unspecified atom stereocenters. The lowest BCUT2D eigenvalue weighted by Crippen LogP contribution is -2.28. The van der Waals surface area contributed by atoms with Gasteiger partial charge in [-0.3, -0.25) is 9.59 Å². The molecular formula is C17H22ClN3O2. The minimum absolute atomic E-state index is 0.0665. The van der Waals surface area contributed by atoms with Gasteiger partial charge < -0.3 is 16.4 Å². The Bertz CT molecular complexity index is 616. The molecule has 0 radical (unpaired) electrons. The Morgan fingerprint density at radius 1 is 1.22 bits per heavy atom. The molecule has 2 aliphatic carbocycles. The lowest BCUT2D eigenvalue weighted by molar-refractivity contribution is -0.117. The van der Waals surface area contributed by atoms with Crippen LogP contribution >= 0.6 is 11.6 Å². The van der Waals surface area contributed by atoms with Crippen LogP contribution in [0.1, 0.15) is 48.9 Å². The number of hydrogen-bond donors (Lipinski definition) is 3. The highest BCUT2D eigenvalue weighted by atomic mass is 35.5. The number of amides is 2. The summed E-state index contributed by atoms with van der Waals surface area (Å²) in [5.74, 6) is -0.00502. The lowest BCUT2D eigenvalue weighted by Gasteiger charge is -2.15. The molecule has 0 bridgehead atoms. The first kappa shape index (κ1) is 16.3. The van der Waals surface area contributed by atoms with Crippen LogP contribution in [0, 0.1) is 5.92 Å². The summed E-state index contributed by atoms with van der Waals surface area (Å²) in [5.41, 5.74) is 6.99. The average Bonchev–Trinajstić information content (AvgIpc) is 3.23. The first-order valence-corrected chi connectivity index (χ1v) is 8.56. The second kappa shape index (κ2) is 6.89. The summed E-state index contributed by atoms with van der Waals surface area (Å²) in [4.78, 5) is 24.3. The maximum atomic E-state index is 12.2. The number of carbonyl (C=O) groups is 2. The normalized spacial score (nSPS) is 23.6. The quantitative estimate of drug-likeness (QED) is 0.773. The molecular weight excluding hydrogens is 314 g/mol. The third-order valence-electron chi connectivity index (χ3n) is 4.57. The van der Waals surface area contributed by atoms with Gasteiger partial charge in [-0.25, -0.2) is 0 Å². The van der Waals surface area contributed by atoms with Gasteiger partial charge in [-0.1, -0.05) is 18.0 Å². The van der Waals surface area contributed by atoms with Crippen LogP contribution in [0.3, 0.4) is 0 Å². The van der Waals surface area contributed by atoms with Gasteiger partial charge in [0.2, 0.25) is 5.91 Å². The molecule has 0 spiro atoms. The van der Waals surface area contributed by atoms with Gasteiger partial charge in [-0.2, -0.15) is 0 Å². The SMILES string of the molecule is N[C@@H]1CCC[C@H]1CC(=O)Nc1ccc(Cl)c(C(=O)NC2CC2)c1. The Hall–Kier alpha value is -1.59. The van der Waals surface area contributed by atoms with Crippen molar-refractivity contribution < 1.29 is 9.59 Å². The molecule has 0 saturated heterocycles. The van der Waals surface area contributed by atoms with Gasteiger partial charge in [0.15, 0.2) is 0 Å². The smallest absolute Gasteiger partial charge is 0.253 e. The van der Waals surface area contributed by atoms with E-state index in [4.69, 9.17) is 17.3 Å². The standard InChI is InChI=1S/C17H22ClN3O2/c18-14-7-6-12(9-13(14)17(23)21-11-4-5-11)20-16(22)8-10-2-1-3-15(10)19/h6-7,9-11,15H,1-5,8,19H2,(H,20,22)(H,21,23)/t10-,15+/m0/s1. The Morgan fingerprint density at radius 2 is 2.00 bits per heavy atom. The number of carbonyl (C=O) groups excluding carboxylic acids is 2. The molecule has 4 N–H and O–H groups in total. The van der Waals surface area contributed by atoms with E-state index in [0.717, 1.165) is 32.1 Å². The molecule has 2 aliphatic rings. The molecule has 5 nitrogen and oxygen atoms in total. The lowest BCUT2D eigenvalue weighted by atomic mass is 10.00. The van der Waals surface area contributed by atoms with Crippen molar-refractivity contribution in [1.29, 1.82) is 0 Å². The largest absolute Gasteiger partial charge is 0.349 e. The first-order chi connectivity index (χ1) is 11.0. The van der Waals surface area contributed by atoms with E-state index in [0.29, 0.717) is 22.7 Å². The third kappa shape index (κ3) is 4.24. The van der Waals surface area contributed by atoms with Gasteiger partial charge in [0, 0.05) is 24.2 Å². The summed E-state index contributed by atoms with van der Waals surface area (Å²) in [6, 6.07) is 5.36. The van der Waals surface area contributed by atoms with E-state index in [-0.39, 0.29) is 29.8 Å². The fraction of sp³-hybridized carbons (Fsp3) is 0.529. The predicted molar refractivity (Wildman–Crippen MR) is 90.5 cm³/mol. The maximum Gasteiger partial charge on any atom is 0.253 e. The molecule has 0 aromatic heterocycles. The molecule has 1 aromatic carbocycles. The van der Waals surface area contributed by atoms with Crippen molar-refractivity contribution in [3.63, 3.8) is 0 Å². The summed E-state index contributed by atoms with van der Waals surface area (Å²) in [5, 5.41) is 6.14. The van der Waals surface area contributed by atoms with Crippen LogP contribution in [-0.4, -0.2) is 23.9 Å². The fourth-order valence-electron chi connectivity index (χ4n) is 3.04. The van der Waals surface area contributed by atoms with Crippen LogP contribution in [0.15, 0.2) is 18.2 Å². The summed E-state index contributed by atoms with van der Waals surface area (Å²) < 4.78 is 0. The van der Waals surface area contributed by atoms with Gasteiger partial charge in [0.05, 0.1) is 10.6 Å². The highest BCUT2D eigenvalue weighted by Crippen LogP contribution is 2.28. The van der Waals surface area contributed by atoms with E-state index < -0.39 is 0 Å². The number of rotatable bonds is 5. The maximum absolute atomic E-state index is 12.2. The highest BCUT2D eigenvalue weighted by molar-refractivity contribution is 6.34. The van der Waals surface area contributed by atoms with E-state index in [2.05, 4.69) is 10.6 Å². The molecule has 0 heterocycles. The molecule has 2 atom stereocenters. The zero-order valence-corrected chi connectivity index (χ0v) is 13.7. The number of nitrogens with two attached hydrogens (primary N) is 1. The summed E-state index contributed by atoms with van der Waals surface area (Å²) in [7, 11) is 0. The van der Waals surface area contributed by atoms with Crippen molar-refractivity contribution in [3.05, 3.63) is 28.8 Å². The molecule has 124 valence electrons. The highest BCUT2D eigenvalue weighted by Gasteiger charge is 2.27. The Kier molecular flexibility index (Phi) is 4.87. The molecule has 0 aliphatic heterocycles. The van der Waals surface area contributed by atoms with Crippen molar-refractivity contribution in [2.75, 3.05) is 5.32 Å². The second-order valence-corrected chi connectivity index (χ2v) is 6.96. The van der Waals surface area contributed by atoms with Crippen LogP contribution in [-0.2, 0) is 4.79 Å². The number of nitrogens with one attached hydrogen (secondary N) is 2. The van der Waals surface area contributed by atoms with E-state index in [9.17, 15) is 9.59 Å².